The van der Waals surface area contributed by atoms with Crippen molar-refractivity contribution in [2.24, 2.45) is 0 Å². The Kier molecular flexibility index (Phi) is 5.83. The number of anilines is 1. The van der Waals surface area contributed by atoms with Crippen molar-refractivity contribution in [1.82, 2.24) is 4.90 Å². The molecule has 0 fully saturated rings. The summed E-state index contributed by atoms with van der Waals surface area (Å²) < 4.78 is 10.2. The maximum atomic E-state index is 11.6. The second-order valence-electron chi connectivity index (χ2n) is 4.54. The van der Waals surface area contributed by atoms with Gasteiger partial charge in [0.2, 0.25) is 0 Å². The van der Waals surface area contributed by atoms with Gasteiger partial charge in [0, 0.05) is 25.8 Å². The van der Waals surface area contributed by atoms with Crippen LogP contribution in [0.1, 0.15) is 20.3 Å². The van der Waals surface area contributed by atoms with Gasteiger partial charge in [0.1, 0.15) is 11.9 Å². The van der Waals surface area contributed by atoms with E-state index >= 15 is 0 Å². The summed E-state index contributed by atoms with van der Waals surface area (Å²) in [6.07, 6.45) is -0.419. The van der Waals surface area contributed by atoms with E-state index in [0.717, 1.165) is 6.42 Å². The zero-order valence-electron chi connectivity index (χ0n) is 12.2. The molecule has 0 spiro atoms. The molecular weight excluding hydrogens is 260 g/mol. The Bertz CT molecular complexity index is 474. The number of hydrogen-bond donors (Lipinski definition) is 1. The number of benzene rings is 1. The second-order valence-corrected chi connectivity index (χ2v) is 4.54. The molecule has 0 heterocycles. The Morgan fingerprint density at radius 3 is 2.65 bits per heavy atom. The molecule has 1 rings (SSSR count). The molecule has 1 atom stereocenters. The van der Waals surface area contributed by atoms with Crippen molar-refractivity contribution >= 4 is 17.9 Å². The van der Waals surface area contributed by atoms with Crippen LogP contribution in [-0.2, 0) is 4.74 Å². The van der Waals surface area contributed by atoms with Gasteiger partial charge >= 0.3 is 12.2 Å². The lowest BCUT2D eigenvalue weighted by molar-refractivity contribution is 0.118. The average molecular weight is 280 g/mol. The highest BCUT2D eigenvalue weighted by Gasteiger charge is 2.10. The van der Waals surface area contributed by atoms with Crippen LogP contribution in [0.4, 0.5) is 15.3 Å². The molecule has 110 valence electrons. The molecule has 1 aromatic carbocycles. The molecule has 0 aliphatic carbocycles. The Morgan fingerprint density at radius 2 is 2.05 bits per heavy atom. The monoisotopic (exact) mass is 280 g/mol. The first-order valence-electron chi connectivity index (χ1n) is 6.39. The van der Waals surface area contributed by atoms with Gasteiger partial charge in [0.05, 0.1) is 0 Å². The lowest BCUT2D eigenvalue weighted by Gasteiger charge is -2.13. The van der Waals surface area contributed by atoms with Gasteiger partial charge in [-0.25, -0.2) is 9.59 Å². The molecular formula is C14H20N2O4. The van der Waals surface area contributed by atoms with E-state index in [1.807, 2.05) is 13.8 Å². The molecule has 0 aliphatic rings. The molecule has 6 heteroatoms. The minimum absolute atomic E-state index is 0.148. The minimum Gasteiger partial charge on any atom is -0.446 e. The Hall–Kier alpha value is -2.24. The van der Waals surface area contributed by atoms with Gasteiger partial charge in [0.15, 0.2) is 0 Å². The predicted octanol–water partition coefficient (Wildman–Crippen LogP) is 3.09. The lowest BCUT2D eigenvalue weighted by atomic mass is 10.3. The normalized spacial score (nSPS) is 11.4. The fourth-order valence-electron chi connectivity index (χ4n) is 1.24. The van der Waals surface area contributed by atoms with Crippen LogP contribution in [0, 0.1) is 0 Å². The minimum atomic E-state index is -0.532. The first-order valence-corrected chi connectivity index (χ1v) is 6.39. The van der Waals surface area contributed by atoms with Crippen LogP contribution in [-0.4, -0.2) is 37.3 Å². The first-order chi connectivity index (χ1) is 9.42. The molecule has 0 saturated carbocycles. The molecule has 0 radical (unpaired) electrons. The van der Waals surface area contributed by atoms with Crippen LogP contribution in [0.25, 0.3) is 0 Å². The summed E-state index contributed by atoms with van der Waals surface area (Å²) in [5.74, 6) is 0.352. The van der Waals surface area contributed by atoms with E-state index in [-0.39, 0.29) is 6.10 Å². The highest BCUT2D eigenvalue weighted by atomic mass is 16.6. The Morgan fingerprint density at radius 1 is 1.35 bits per heavy atom. The van der Waals surface area contributed by atoms with Gasteiger partial charge in [-0.1, -0.05) is 13.0 Å². The number of hydrogen-bond acceptors (Lipinski definition) is 4. The van der Waals surface area contributed by atoms with Gasteiger partial charge < -0.3 is 14.4 Å². The van der Waals surface area contributed by atoms with Crippen molar-refractivity contribution in [3.8, 4) is 5.75 Å². The van der Waals surface area contributed by atoms with Crippen LogP contribution in [0.15, 0.2) is 24.3 Å². The summed E-state index contributed by atoms with van der Waals surface area (Å²) in [5.41, 5.74) is 0.502. The van der Waals surface area contributed by atoms with E-state index in [0.29, 0.717) is 11.4 Å². The fraction of sp³-hybridized carbons (Fsp3) is 0.429. The van der Waals surface area contributed by atoms with Crippen molar-refractivity contribution in [1.29, 1.82) is 0 Å². The SMILES string of the molecule is CC[C@@H](C)OC(=O)Nc1cccc(OC(=O)N(C)C)c1. The molecule has 1 aromatic rings. The first kappa shape index (κ1) is 15.8. The van der Waals surface area contributed by atoms with E-state index in [1.54, 1.807) is 38.4 Å². The number of carbonyl (C=O) groups excluding carboxylic acids is 2. The van der Waals surface area contributed by atoms with Crippen molar-refractivity contribution < 1.29 is 19.1 Å². The standard InChI is InChI=1S/C14H20N2O4/c1-5-10(2)19-13(17)15-11-7-6-8-12(9-11)20-14(18)16(3)4/h6-10H,5H2,1-4H3,(H,15,17)/t10-/m1/s1. The molecule has 6 nitrogen and oxygen atoms in total. The lowest BCUT2D eigenvalue weighted by Crippen LogP contribution is -2.25. The molecule has 0 unspecified atom stereocenters. The average Bonchev–Trinajstić information content (AvgIpc) is 2.38. The molecule has 20 heavy (non-hydrogen) atoms. The van der Waals surface area contributed by atoms with Crippen molar-refractivity contribution in [3.63, 3.8) is 0 Å². The van der Waals surface area contributed by atoms with Crippen LogP contribution < -0.4 is 10.1 Å². The number of rotatable bonds is 4. The van der Waals surface area contributed by atoms with E-state index in [4.69, 9.17) is 9.47 Å². The zero-order chi connectivity index (χ0) is 15.1. The summed E-state index contributed by atoms with van der Waals surface area (Å²) in [7, 11) is 3.18. The molecule has 1 N–H and O–H groups in total. The van der Waals surface area contributed by atoms with E-state index in [1.165, 1.54) is 4.90 Å². The van der Waals surface area contributed by atoms with E-state index < -0.39 is 12.2 Å². The third-order valence-electron chi connectivity index (χ3n) is 2.53. The van der Waals surface area contributed by atoms with Crippen molar-refractivity contribution in [2.45, 2.75) is 26.4 Å². The zero-order valence-corrected chi connectivity index (χ0v) is 12.2. The van der Waals surface area contributed by atoms with E-state index in [2.05, 4.69) is 5.32 Å². The van der Waals surface area contributed by atoms with E-state index in [9.17, 15) is 9.59 Å². The predicted molar refractivity (Wildman–Crippen MR) is 76.0 cm³/mol. The van der Waals surface area contributed by atoms with Crippen LogP contribution in [0.2, 0.25) is 0 Å². The number of nitrogens with zero attached hydrogens (tertiary/aromatic N) is 1. The number of amides is 2. The Labute approximate surface area is 118 Å². The number of nitrogens with one attached hydrogen (secondary N) is 1. The van der Waals surface area contributed by atoms with Gasteiger partial charge in [-0.3, -0.25) is 5.32 Å². The summed E-state index contributed by atoms with van der Waals surface area (Å²) in [4.78, 5) is 24.3. The summed E-state index contributed by atoms with van der Waals surface area (Å²) in [5, 5.41) is 2.58. The van der Waals surface area contributed by atoms with Crippen molar-refractivity contribution in [2.75, 3.05) is 19.4 Å². The maximum Gasteiger partial charge on any atom is 0.414 e. The quantitative estimate of drug-likeness (QED) is 0.920. The third kappa shape index (κ3) is 5.17. The van der Waals surface area contributed by atoms with Crippen LogP contribution >= 0.6 is 0 Å². The van der Waals surface area contributed by atoms with Gasteiger partial charge in [-0.05, 0) is 25.5 Å². The third-order valence-corrected chi connectivity index (χ3v) is 2.53. The van der Waals surface area contributed by atoms with Crippen LogP contribution in [0.3, 0.4) is 0 Å². The number of ether oxygens (including phenoxy) is 2. The summed E-state index contributed by atoms with van der Waals surface area (Å²) >= 11 is 0. The van der Waals surface area contributed by atoms with Gasteiger partial charge in [-0.15, -0.1) is 0 Å². The van der Waals surface area contributed by atoms with Gasteiger partial charge in [0.25, 0.3) is 0 Å². The second kappa shape index (κ2) is 7.37. The molecule has 2 amide bonds. The topological polar surface area (TPSA) is 67.9 Å². The fourth-order valence-corrected chi connectivity index (χ4v) is 1.24. The Balaban J connectivity index is 2.64. The number of carbonyl (C=O) groups is 2. The summed E-state index contributed by atoms with van der Waals surface area (Å²) in [6, 6.07) is 6.55. The maximum absolute atomic E-state index is 11.6. The molecule has 0 aromatic heterocycles. The van der Waals surface area contributed by atoms with Crippen molar-refractivity contribution in [3.05, 3.63) is 24.3 Å². The highest BCUT2D eigenvalue weighted by Crippen LogP contribution is 2.18. The van der Waals surface area contributed by atoms with Gasteiger partial charge in [-0.2, -0.15) is 0 Å². The summed E-state index contributed by atoms with van der Waals surface area (Å²) in [6.45, 7) is 3.74. The highest BCUT2D eigenvalue weighted by molar-refractivity contribution is 5.85. The molecule has 0 saturated heterocycles. The largest absolute Gasteiger partial charge is 0.446 e. The molecule has 0 bridgehead atoms. The molecule has 0 aliphatic heterocycles. The van der Waals surface area contributed by atoms with Crippen LogP contribution in [0.5, 0.6) is 5.75 Å². The smallest absolute Gasteiger partial charge is 0.414 e.